The first-order valence-electron chi connectivity index (χ1n) is 7.22. The summed E-state index contributed by atoms with van der Waals surface area (Å²) < 4.78 is 5.75. The van der Waals surface area contributed by atoms with Gasteiger partial charge in [0.05, 0.1) is 31.0 Å². The van der Waals surface area contributed by atoms with E-state index >= 15 is 0 Å². The van der Waals surface area contributed by atoms with Crippen LogP contribution in [0.3, 0.4) is 0 Å². The Bertz CT molecular complexity index is 491. The second kappa shape index (κ2) is 6.62. The molecule has 0 bridgehead atoms. The SMILES string of the molecule is CC[C@]1(C)CN(C(=O)NCc2csc(N(C)C)n2)CCO1. The van der Waals surface area contributed by atoms with Crippen molar-refractivity contribution in [1.82, 2.24) is 15.2 Å². The Labute approximate surface area is 130 Å². The van der Waals surface area contributed by atoms with Gasteiger partial charge in [0.2, 0.25) is 0 Å². The molecule has 0 saturated carbocycles. The normalized spacial score (nSPS) is 22.2. The van der Waals surface area contributed by atoms with Crippen molar-refractivity contribution in [3.05, 3.63) is 11.1 Å². The number of nitrogens with zero attached hydrogens (tertiary/aromatic N) is 3. The smallest absolute Gasteiger partial charge is 0.317 e. The summed E-state index contributed by atoms with van der Waals surface area (Å²) in [5.41, 5.74) is 0.664. The molecule has 2 heterocycles. The molecule has 2 rings (SSSR count). The van der Waals surface area contributed by atoms with E-state index < -0.39 is 0 Å². The van der Waals surface area contributed by atoms with Gasteiger partial charge < -0.3 is 19.9 Å². The molecule has 0 radical (unpaired) electrons. The Morgan fingerprint density at radius 1 is 1.62 bits per heavy atom. The molecule has 1 aromatic rings. The van der Waals surface area contributed by atoms with Gasteiger partial charge in [-0.2, -0.15) is 0 Å². The van der Waals surface area contributed by atoms with Gasteiger partial charge in [0.25, 0.3) is 0 Å². The van der Waals surface area contributed by atoms with Gasteiger partial charge in [0, 0.05) is 26.0 Å². The van der Waals surface area contributed by atoms with Crippen LogP contribution in [-0.4, -0.2) is 55.3 Å². The van der Waals surface area contributed by atoms with Gasteiger partial charge in [-0.25, -0.2) is 9.78 Å². The summed E-state index contributed by atoms with van der Waals surface area (Å²) in [6.45, 7) is 6.47. The molecule has 118 valence electrons. The highest BCUT2D eigenvalue weighted by atomic mass is 32.1. The van der Waals surface area contributed by atoms with E-state index in [4.69, 9.17) is 4.74 Å². The molecule has 1 N–H and O–H groups in total. The molecule has 1 atom stereocenters. The number of aromatic nitrogens is 1. The van der Waals surface area contributed by atoms with Crippen molar-refractivity contribution in [2.75, 3.05) is 38.7 Å². The molecule has 21 heavy (non-hydrogen) atoms. The zero-order chi connectivity index (χ0) is 15.5. The molecule has 7 heteroatoms. The first-order chi connectivity index (χ1) is 9.93. The largest absolute Gasteiger partial charge is 0.372 e. The van der Waals surface area contributed by atoms with E-state index in [2.05, 4.69) is 24.1 Å². The van der Waals surface area contributed by atoms with Gasteiger partial charge >= 0.3 is 6.03 Å². The van der Waals surface area contributed by atoms with E-state index in [9.17, 15) is 4.79 Å². The molecular weight excluding hydrogens is 288 g/mol. The quantitative estimate of drug-likeness (QED) is 0.923. The standard InChI is InChI=1S/C14H24N4O2S/c1-5-14(2)10-18(6-7-20-14)12(19)15-8-11-9-21-13(16-11)17(3)4/h9H,5-8,10H2,1-4H3,(H,15,19)/t14-/m1/s1. The Morgan fingerprint density at radius 2 is 2.38 bits per heavy atom. The highest BCUT2D eigenvalue weighted by Gasteiger charge is 2.32. The summed E-state index contributed by atoms with van der Waals surface area (Å²) in [4.78, 5) is 20.5. The molecule has 1 aliphatic heterocycles. The number of ether oxygens (including phenoxy) is 1. The first kappa shape index (κ1) is 16.0. The number of carbonyl (C=O) groups excluding carboxylic acids is 1. The number of carbonyl (C=O) groups is 1. The molecule has 0 aromatic carbocycles. The van der Waals surface area contributed by atoms with Crippen LogP contribution in [0, 0.1) is 0 Å². The topological polar surface area (TPSA) is 57.7 Å². The summed E-state index contributed by atoms with van der Waals surface area (Å²) in [5, 5.41) is 5.87. The summed E-state index contributed by atoms with van der Waals surface area (Å²) in [5.74, 6) is 0. The fourth-order valence-electron chi connectivity index (χ4n) is 2.18. The average Bonchev–Trinajstić information content (AvgIpc) is 2.94. The third kappa shape index (κ3) is 4.07. The predicted molar refractivity (Wildman–Crippen MR) is 84.9 cm³/mol. The van der Waals surface area contributed by atoms with Crippen molar-refractivity contribution in [2.24, 2.45) is 0 Å². The van der Waals surface area contributed by atoms with Crippen LogP contribution >= 0.6 is 11.3 Å². The number of amides is 2. The Kier molecular flexibility index (Phi) is 5.05. The van der Waals surface area contributed by atoms with E-state index in [1.165, 1.54) is 0 Å². The van der Waals surface area contributed by atoms with Gasteiger partial charge in [-0.3, -0.25) is 0 Å². The van der Waals surface area contributed by atoms with Crippen molar-refractivity contribution in [2.45, 2.75) is 32.4 Å². The lowest BCUT2D eigenvalue weighted by atomic mass is 10.0. The van der Waals surface area contributed by atoms with Crippen molar-refractivity contribution < 1.29 is 9.53 Å². The summed E-state index contributed by atoms with van der Waals surface area (Å²) >= 11 is 1.58. The predicted octanol–water partition coefficient (Wildman–Crippen LogP) is 1.92. The van der Waals surface area contributed by atoms with E-state index in [0.717, 1.165) is 17.2 Å². The number of hydrogen-bond acceptors (Lipinski definition) is 5. The Hall–Kier alpha value is -1.34. The zero-order valence-corrected chi connectivity index (χ0v) is 14.0. The fourth-order valence-corrected chi connectivity index (χ4v) is 2.94. The van der Waals surface area contributed by atoms with Gasteiger partial charge in [-0.1, -0.05) is 6.92 Å². The van der Waals surface area contributed by atoms with Crippen LogP contribution in [-0.2, 0) is 11.3 Å². The van der Waals surface area contributed by atoms with Crippen LogP contribution in [0.25, 0.3) is 0 Å². The molecule has 1 aromatic heterocycles. The summed E-state index contributed by atoms with van der Waals surface area (Å²) in [6, 6.07) is -0.0441. The highest BCUT2D eigenvalue weighted by molar-refractivity contribution is 7.13. The van der Waals surface area contributed by atoms with Crippen molar-refractivity contribution in [1.29, 1.82) is 0 Å². The lowest BCUT2D eigenvalue weighted by molar-refractivity contribution is -0.0872. The van der Waals surface area contributed by atoms with Gasteiger partial charge in [0.15, 0.2) is 5.13 Å². The maximum absolute atomic E-state index is 12.2. The molecule has 0 aliphatic carbocycles. The lowest BCUT2D eigenvalue weighted by Gasteiger charge is -2.39. The van der Waals surface area contributed by atoms with Crippen LogP contribution in [0.2, 0.25) is 0 Å². The number of urea groups is 1. The molecule has 0 spiro atoms. The van der Waals surface area contributed by atoms with Crippen LogP contribution in [0.1, 0.15) is 26.0 Å². The number of hydrogen-bond donors (Lipinski definition) is 1. The van der Waals surface area contributed by atoms with E-state index in [0.29, 0.717) is 26.2 Å². The van der Waals surface area contributed by atoms with Crippen LogP contribution in [0.4, 0.5) is 9.93 Å². The van der Waals surface area contributed by atoms with Gasteiger partial charge in [-0.05, 0) is 13.3 Å². The fraction of sp³-hybridized carbons (Fsp3) is 0.714. The molecule has 1 fully saturated rings. The van der Waals surface area contributed by atoms with Gasteiger partial charge in [-0.15, -0.1) is 11.3 Å². The van der Waals surface area contributed by atoms with E-state index in [1.54, 1.807) is 11.3 Å². The minimum atomic E-state index is -0.228. The van der Waals surface area contributed by atoms with Crippen LogP contribution in [0.5, 0.6) is 0 Å². The first-order valence-corrected chi connectivity index (χ1v) is 8.10. The monoisotopic (exact) mass is 312 g/mol. The minimum absolute atomic E-state index is 0.0441. The number of morpholine rings is 1. The lowest BCUT2D eigenvalue weighted by Crippen LogP contribution is -2.54. The van der Waals surface area contributed by atoms with Crippen LogP contribution < -0.4 is 10.2 Å². The maximum atomic E-state index is 12.2. The Morgan fingerprint density at radius 3 is 3.00 bits per heavy atom. The number of anilines is 1. The summed E-state index contributed by atoms with van der Waals surface area (Å²) in [6.07, 6.45) is 0.898. The average molecular weight is 312 g/mol. The summed E-state index contributed by atoms with van der Waals surface area (Å²) in [7, 11) is 3.92. The third-order valence-corrected chi connectivity index (χ3v) is 4.77. The van der Waals surface area contributed by atoms with Crippen molar-refractivity contribution in [3.8, 4) is 0 Å². The van der Waals surface area contributed by atoms with E-state index in [-0.39, 0.29) is 11.6 Å². The molecule has 1 saturated heterocycles. The number of nitrogens with one attached hydrogen (secondary N) is 1. The molecule has 0 unspecified atom stereocenters. The van der Waals surface area contributed by atoms with E-state index in [1.807, 2.05) is 29.3 Å². The Balaban J connectivity index is 1.86. The second-order valence-electron chi connectivity index (χ2n) is 5.75. The van der Waals surface area contributed by atoms with Crippen molar-refractivity contribution >= 4 is 22.5 Å². The number of thiazole rings is 1. The number of rotatable bonds is 4. The second-order valence-corrected chi connectivity index (χ2v) is 6.58. The molecule has 2 amide bonds. The van der Waals surface area contributed by atoms with Crippen LogP contribution in [0.15, 0.2) is 5.38 Å². The van der Waals surface area contributed by atoms with Gasteiger partial charge in [0.1, 0.15) is 0 Å². The highest BCUT2D eigenvalue weighted by Crippen LogP contribution is 2.21. The third-order valence-electron chi connectivity index (χ3n) is 3.72. The van der Waals surface area contributed by atoms with Crippen molar-refractivity contribution in [3.63, 3.8) is 0 Å². The molecule has 1 aliphatic rings. The maximum Gasteiger partial charge on any atom is 0.317 e. The molecule has 6 nitrogen and oxygen atoms in total. The molecular formula is C14H24N4O2S. The zero-order valence-electron chi connectivity index (χ0n) is 13.2. The minimum Gasteiger partial charge on any atom is -0.372 e.